The van der Waals surface area contributed by atoms with Crippen LogP contribution in [-0.2, 0) is 0 Å². The quantitative estimate of drug-likeness (QED) is 0.515. The van der Waals surface area contributed by atoms with Crippen molar-refractivity contribution in [1.29, 1.82) is 0 Å². The van der Waals surface area contributed by atoms with Gasteiger partial charge in [0.2, 0.25) is 0 Å². The molecular formula is C7H8BO2. The van der Waals surface area contributed by atoms with Crippen molar-refractivity contribution in [2.24, 2.45) is 0 Å². The second-order valence-corrected chi connectivity index (χ2v) is 2.15. The Kier molecular flexibility index (Phi) is 2.09. The first-order valence-electron chi connectivity index (χ1n) is 3.00. The monoisotopic (exact) mass is 135 g/mol. The molecule has 2 rings (SSSR count). The molecule has 1 radical (unpaired) electrons. The van der Waals surface area contributed by atoms with Crippen LogP contribution >= 0.6 is 0 Å². The van der Waals surface area contributed by atoms with Gasteiger partial charge in [-0.05, 0) is 29.7 Å². The molecule has 2 aliphatic rings. The van der Waals surface area contributed by atoms with Crippen LogP contribution in [0.2, 0.25) is 0 Å². The standard InChI is InChI=1S/C7H6.BH2O2/c1-5-2-3-6-4-7(5)6;2-1-3/h2-4H,1H3;2-3H. The Balaban J connectivity index is 0.000000148. The van der Waals surface area contributed by atoms with Crippen LogP contribution in [0.4, 0.5) is 0 Å². The van der Waals surface area contributed by atoms with E-state index in [1.165, 1.54) is 16.7 Å². The van der Waals surface area contributed by atoms with Gasteiger partial charge < -0.3 is 10.0 Å². The van der Waals surface area contributed by atoms with Gasteiger partial charge in [-0.15, -0.1) is 0 Å². The van der Waals surface area contributed by atoms with Gasteiger partial charge in [-0.3, -0.25) is 0 Å². The average Bonchev–Trinajstić information content (AvgIpc) is 2.57. The van der Waals surface area contributed by atoms with Gasteiger partial charge in [0.05, 0.1) is 0 Å². The fraction of sp³-hybridized carbons (Fsp3) is 0.143. The largest absolute Gasteiger partial charge is 0.482 e. The molecule has 0 atom stereocenters. The summed E-state index contributed by atoms with van der Waals surface area (Å²) in [5.74, 6) is 0. The SMILES string of the molecule is Cc1ccc2cc1-2.O[B]O. The number of rotatable bonds is 0. The Labute approximate surface area is 60.4 Å². The summed E-state index contributed by atoms with van der Waals surface area (Å²) in [7, 11) is 0. The summed E-state index contributed by atoms with van der Waals surface area (Å²) in [5.41, 5.74) is 4.34. The van der Waals surface area contributed by atoms with Gasteiger partial charge in [0.15, 0.2) is 0 Å². The van der Waals surface area contributed by atoms with Gasteiger partial charge in [0.1, 0.15) is 0 Å². The minimum atomic E-state index is 0. The lowest BCUT2D eigenvalue weighted by Crippen LogP contribution is -1.75. The number of hydrogen-bond donors (Lipinski definition) is 2. The van der Waals surface area contributed by atoms with Crippen molar-refractivity contribution >= 4 is 7.69 Å². The number of hydrogen-bond acceptors (Lipinski definition) is 2. The molecule has 0 aromatic carbocycles. The van der Waals surface area contributed by atoms with E-state index in [0.29, 0.717) is 0 Å². The highest BCUT2D eigenvalue weighted by molar-refractivity contribution is 6.13. The molecule has 0 aromatic rings. The maximum absolute atomic E-state index is 7.00. The molecule has 0 spiro atoms. The van der Waals surface area contributed by atoms with Crippen molar-refractivity contribution in [3.63, 3.8) is 0 Å². The molecule has 3 heteroatoms. The maximum Gasteiger partial charge on any atom is 0.482 e. The summed E-state index contributed by atoms with van der Waals surface area (Å²) in [6.07, 6.45) is 0. The highest BCUT2D eigenvalue weighted by Crippen LogP contribution is 2.37. The first-order valence-corrected chi connectivity index (χ1v) is 3.00. The molecule has 0 bridgehead atoms. The maximum atomic E-state index is 7.00. The predicted octanol–water partition coefficient (Wildman–Crippen LogP) is 0.481. The zero-order chi connectivity index (χ0) is 7.56. The van der Waals surface area contributed by atoms with Crippen molar-refractivity contribution in [3.05, 3.63) is 23.8 Å². The van der Waals surface area contributed by atoms with Crippen molar-refractivity contribution in [1.82, 2.24) is 0 Å². The van der Waals surface area contributed by atoms with E-state index < -0.39 is 0 Å². The van der Waals surface area contributed by atoms with E-state index in [4.69, 9.17) is 10.0 Å². The number of aryl methyl sites for hydroxylation is 1. The smallest absolute Gasteiger partial charge is 0.429 e. The Hall–Kier alpha value is -0.795. The Bertz CT molecular complexity index is 235. The molecular weight excluding hydrogens is 127 g/mol. The summed E-state index contributed by atoms with van der Waals surface area (Å²) >= 11 is 0. The zero-order valence-corrected chi connectivity index (χ0v) is 5.70. The van der Waals surface area contributed by atoms with Gasteiger partial charge in [0, 0.05) is 0 Å². The van der Waals surface area contributed by atoms with E-state index in [1.807, 2.05) is 0 Å². The minimum Gasteiger partial charge on any atom is -0.429 e. The van der Waals surface area contributed by atoms with Crippen LogP contribution in [0.15, 0.2) is 18.2 Å². The van der Waals surface area contributed by atoms with Gasteiger partial charge in [-0.25, -0.2) is 0 Å². The summed E-state index contributed by atoms with van der Waals surface area (Å²) < 4.78 is 0. The highest BCUT2D eigenvalue weighted by Gasteiger charge is 2.12. The third-order valence-electron chi connectivity index (χ3n) is 1.47. The number of benzene rings is 1. The van der Waals surface area contributed by atoms with Crippen LogP contribution in [0.1, 0.15) is 5.56 Å². The summed E-state index contributed by atoms with van der Waals surface area (Å²) in [6, 6.07) is 6.52. The van der Waals surface area contributed by atoms with Crippen LogP contribution in [0, 0.1) is 6.92 Å². The number of fused-ring (bicyclic) bond motifs is 1. The van der Waals surface area contributed by atoms with Crippen molar-refractivity contribution < 1.29 is 10.0 Å². The lowest BCUT2D eigenvalue weighted by atomic mass is 10.3. The molecule has 0 aliphatic heterocycles. The second kappa shape index (κ2) is 2.86. The van der Waals surface area contributed by atoms with Crippen LogP contribution in [0.25, 0.3) is 11.1 Å². The van der Waals surface area contributed by atoms with Crippen LogP contribution in [-0.4, -0.2) is 17.7 Å². The van der Waals surface area contributed by atoms with Crippen LogP contribution in [0.3, 0.4) is 0 Å². The molecule has 0 aromatic heterocycles. The zero-order valence-electron chi connectivity index (χ0n) is 5.70. The molecule has 10 heavy (non-hydrogen) atoms. The second-order valence-electron chi connectivity index (χ2n) is 2.15. The van der Waals surface area contributed by atoms with E-state index in [2.05, 4.69) is 25.1 Å². The van der Waals surface area contributed by atoms with Gasteiger partial charge in [-0.1, -0.05) is 12.1 Å². The molecule has 0 saturated heterocycles. The molecule has 0 saturated carbocycles. The van der Waals surface area contributed by atoms with Crippen LogP contribution in [0.5, 0.6) is 0 Å². The Morgan fingerprint density at radius 1 is 1.30 bits per heavy atom. The molecule has 51 valence electrons. The van der Waals surface area contributed by atoms with E-state index in [-0.39, 0.29) is 7.69 Å². The van der Waals surface area contributed by atoms with E-state index in [1.54, 1.807) is 0 Å². The summed E-state index contributed by atoms with van der Waals surface area (Å²) in [6.45, 7) is 2.14. The first-order chi connectivity index (χ1) is 4.79. The molecule has 0 unspecified atom stereocenters. The van der Waals surface area contributed by atoms with E-state index in [9.17, 15) is 0 Å². The predicted molar refractivity (Wildman–Crippen MR) is 40.4 cm³/mol. The normalized spacial score (nSPS) is 9.50. The summed E-state index contributed by atoms with van der Waals surface area (Å²) in [5, 5.41) is 14.0. The lowest BCUT2D eigenvalue weighted by Gasteiger charge is -1.71. The van der Waals surface area contributed by atoms with Crippen molar-refractivity contribution in [3.8, 4) is 11.1 Å². The van der Waals surface area contributed by atoms with Crippen molar-refractivity contribution in [2.45, 2.75) is 6.92 Å². The fourth-order valence-electron chi connectivity index (χ4n) is 0.903. The third-order valence-corrected chi connectivity index (χ3v) is 1.47. The first kappa shape index (κ1) is 7.31. The molecule has 0 amide bonds. The average molecular weight is 135 g/mol. The Morgan fingerprint density at radius 2 is 1.90 bits per heavy atom. The molecule has 2 N–H and O–H groups in total. The molecule has 2 aliphatic carbocycles. The van der Waals surface area contributed by atoms with E-state index >= 15 is 0 Å². The van der Waals surface area contributed by atoms with Crippen LogP contribution < -0.4 is 0 Å². The van der Waals surface area contributed by atoms with Gasteiger partial charge in [0.25, 0.3) is 0 Å². The van der Waals surface area contributed by atoms with Crippen molar-refractivity contribution in [2.75, 3.05) is 0 Å². The molecule has 0 heterocycles. The third kappa shape index (κ3) is 1.37. The highest BCUT2D eigenvalue weighted by atomic mass is 16.4. The van der Waals surface area contributed by atoms with Gasteiger partial charge in [-0.2, -0.15) is 0 Å². The van der Waals surface area contributed by atoms with Gasteiger partial charge >= 0.3 is 7.69 Å². The minimum absolute atomic E-state index is 0. The van der Waals surface area contributed by atoms with E-state index in [0.717, 1.165) is 0 Å². The topological polar surface area (TPSA) is 40.5 Å². The Morgan fingerprint density at radius 3 is 2.00 bits per heavy atom. The fourth-order valence-corrected chi connectivity index (χ4v) is 0.903. The molecule has 2 nitrogen and oxygen atoms in total. The lowest BCUT2D eigenvalue weighted by molar-refractivity contribution is 0.448. The molecule has 0 fully saturated rings. The summed E-state index contributed by atoms with van der Waals surface area (Å²) in [4.78, 5) is 0.